The molecular weight excluding hydrogens is 350 g/mol. The topological polar surface area (TPSA) is 64.6 Å². The summed E-state index contributed by atoms with van der Waals surface area (Å²) in [5.41, 5.74) is 0.330. The minimum Gasteiger partial charge on any atom is -0.497 e. The van der Waals surface area contributed by atoms with Crippen LogP contribution in [0.15, 0.2) is 47.4 Å². The van der Waals surface area contributed by atoms with Gasteiger partial charge in [-0.25, -0.2) is 13.1 Å². The van der Waals surface area contributed by atoms with Gasteiger partial charge in [0.05, 0.1) is 19.8 Å². The number of halogens is 1. The molecule has 0 unspecified atom stereocenters. The van der Waals surface area contributed by atoms with Gasteiger partial charge in [0.1, 0.15) is 16.4 Å². The predicted molar refractivity (Wildman–Crippen MR) is 92.2 cm³/mol. The molecule has 0 heterocycles. The number of sulfonamides is 1. The molecule has 2 aromatic rings. The van der Waals surface area contributed by atoms with Gasteiger partial charge in [-0.3, -0.25) is 0 Å². The van der Waals surface area contributed by atoms with Crippen molar-refractivity contribution in [2.45, 2.75) is 23.3 Å². The van der Waals surface area contributed by atoms with E-state index in [2.05, 4.69) is 4.72 Å². The molecule has 0 radical (unpaired) electrons. The summed E-state index contributed by atoms with van der Waals surface area (Å²) < 4.78 is 38.8. The Hall–Kier alpha value is -1.76. The minimum atomic E-state index is -3.75. The van der Waals surface area contributed by atoms with Crippen molar-refractivity contribution < 1.29 is 17.9 Å². The van der Waals surface area contributed by atoms with E-state index in [-0.39, 0.29) is 10.6 Å². The summed E-state index contributed by atoms with van der Waals surface area (Å²) in [7, 11) is -0.800. The van der Waals surface area contributed by atoms with Gasteiger partial charge in [0.15, 0.2) is 0 Å². The molecule has 5 nitrogen and oxygen atoms in total. The van der Waals surface area contributed by atoms with Crippen LogP contribution in [0, 0.1) is 0 Å². The fraction of sp³-hybridized carbons (Fsp3) is 0.294. The van der Waals surface area contributed by atoms with Gasteiger partial charge in [-0.05, 0) is 42.7 Å². The first kappa shape index (κ1) is 17.1. The zero-order chi connectivity index (χ0) is 17.4. The lowest BCUT2D eigenvalue weighted by molar-refractivity contribution is 0.385. The van der Waals surface area contributed by atoms with Gasteiger partial charge in [0.2, 0.25) is 10.0 Å². The molecule has 0 bridgehead atoms. The second-order valence-electron chi connectivity index (χ2n) is 5.71. The van der Waals surface area contributed by atoms with E-state index < -0.39 is 15.6 Å². The SMILES string of the molecule is COc1ccc(S(=O)(=O)NC2(c3ccc(Cl)cc3)CC2)c(OC)c1. The van der Waals surface area contributed by atoms with E-state index in [1.807, 2.05) is 12.1 Å². The summed E-state index contributed by atoms with van der Waals surface area (Å²) in [5.74, 6) is 0.776. The highest BCUT2D eigenvalue weighted by Gasteiger charge is 2.48. The third kappa shape index (κ3) is 3.22. The van der Waals surface area contributed by atoms with Crippen LogP contribution in [0.1, 0.15) is 18.4 Å². The highest BCUT2D eigenvalue weighted by Crippen LogP contribution is 2.47. The van der Waals surface area contributed by atoms with Gasteiger partial charge < -0.3 is 9.47 Å². The third-order valence-electron chi connectivity index (χ3n) is 4.14. The first-order chi connectivity index (χ1) is 11.4. The van der Waals surface area contributed by atoms with Crippen LogP contribution in [0.2, 0.25) is 5.02 Å². The summed E-state index contributed by atoms with van der Waals surface area (Å²) in [6.07, 6.45) is 1.48. The lowest BCUT2D eigenvalue weighted by Gasteiger charge is -2.19. The molecule has 3 rings (SSSR count). The first-order valence-corrected chi connectivity index (χ1v) is 9.28. The molecule has 2 aromatic carbocycles. The Morgan fingerprint density at radius 1 is 1.04 bits per heavy atom. The second kappa shape index (κ2) is 6.27. The van der Waals surface area contributed by atoms with Crippen molar-refractivity contribution >= 4 is 21.6 Å². The molecule has 0 aliphatic heterocycles. The summed E-state index contributed by atoms with van der Waals surface area (Å²) in [4.78, 5) is 0.0889. The van der Waals surface area contributed by atoms with Crippen LogP contribution in [0.3, 0.4) is 0 Å². The summed E-state index contributed by atoms with van der Waals surface area (Å²) >= 11 is 5.91. The minimum absolute atomic E-state index is 0.0889. The molecule has 0 amide bonds. The number of hydrogen-bond acceptors (Lipinski definition) is 4. The van der Waals surface area contributed by atoms with Gasteiger partial charge in [0.25, 0.3) is 0 Å². The average Bonchev–Trinajstić information content (AvgIpc) is 3.34. The molecular formula is C17H18ClNO4S. The normalized spacial score (nSPS) is 15.8. The van der Waals surface area contributed by atoms with Gasteiger partial charge in [0, 0.05) is 11.1 Å². The molecule has 0 saturated heterocycles. The van der Waals surface area contributed by atoms with Crippen molar-refractivity contribution in [1.29, 1.82) is 0 Å². The van der Waals surface area contributed by atoms with Crippen molar-refractivity contribution in [3.63, 3.8) is 0 Å². The van der Waals surface area contributed by atoms with E-state index in [0.29, 0.717) is 10.8 Å². The largest absolute Gasteiger partial charge is 0.497 e. The predicted octanol–water partition coefficient (Wildman–Crippen LogP) is 3.32. The number of hydrogen-bond donors (Lipinski definition) is 1. The Bertz CT molecular complexity index is 845. The zero-order valence-electron chi connectivity index (χ0n) is 13.4. The molecule has 1 saturated carbocycles. The van der Waals surface area contributed by atoms with Gasteiger partial charge in [-0.1, -0.05) is 23.7 Å². The van der Waals surface area contributed by atoms with Crippen LogP contribution >= 0.6 is 11.6 Å². The quantitative estimate of drug-likeness (QED) is 0.850. The van der Waals surface area contributed by atoms with Crippen LogP contribution < -0.4 is 14.2 Å². The summed E-state index contributed by atoms with van der Waals surface area (Å²) in [6.45, 7) is 0. The molecule has 0 spiro atoms. The third-order valence-corrected chi connectivity index (χ3v) is 5.96. The standard InChI is InChI=1S/C17H18ClNO4S/c1-22-14-7-8-16(15(11-14)23-2)24(20,21)19-17(9-10-17)12-3-5-13(18)6-4-12/h3-8,11,19H,9-10H2,1-2H3. The van der Waals surface area contributed by atoms with Gasteiger partial charge in [-0.15, -0.1) is 0 Å². The number of methoxy groups -OCH3 is 2. The van der Waals surface area contributed by atoms with E-state index in [9.17, 15) is 8.42 Å². The maximum absolute atomic E-state index is 12.8. The molecule has 1 aliphatic rings. The summed E-state index contributed by atoms with van der Waals surface area (Å²) in [6, 6.07) is 11.9. The Morgan fingerprint density at radius 3 is 2.25 bits per heavy atom. The molecule has 1 N–H and O–H groups in total. The van der Waals surface area contributed by atoms with Gasteiger partial charge in [-0.2, -0.15) is 0 Å². The van der Waals surface area contributed by atoms with E-state index in [4.69, 9.17) is 21.1 Å². The van der Waals surface area contributed by atoms with Crippen LogP contribution in [-0.4, -0.2) is 22.6 Å². The van der Waals surface area contributed by atoms with Crippen molar-refractivity contribution in [2.24, 2.45) is 0 Å². The maximum Gasteiger partial charge on any atom is 0.245 e. The Balaban J connectivity index is 1.93. The van der Waals surface area contributed by atoms with Crippen LogP contribution in [-0.2, 0) is 15.6 Å². The second-order valence-corrected chi connectivity index (χ2v) is 7.80. The van der Waals surface area contributed by atoms with Crippen molar-refractivity contribution in [3.05, 3.63) is 53.1 Å². The molecule has 0 atom stereocenters. The first-order valence-electron chi connectivity index (χ1n) is 7.42. The molecule has 0 aromatic heterocycles. The van der Waals surface area contributed by atoms with E-state index in [1.54, 1.807) is 24.3 Å². The van der Waals surface area contributed by atoms with Crippen molar-refractivity contribution in [1.82, 2.24) is 4.72 Å². The highest BCUT2D eigenvalue weighted by atomic mass is 35.5. The average molecular weight is 368 g/mol. The molecule has 1 fully saturated rings. The Kier molecular flexibility index (Phi) is 4.46. The Morgan fingerprint density at radius 2 is 1.71 bits per heavy atom. The van der Waals surface area contributed by atoms with E-state index in [0.717, 1.165) is 18.4 Å². The molecule has 7 heteroatoms. The maximum atomic E-state index is 12.8. The monoisotopic (exact) mass is 367 g/mol. The van der Waals surface area contributed by atoms with Gasteiger partial charge >= 0.3 is 0 Å². The van der Waals surface area contributed by atoms with Crippen molar-refractivity contribution in [2.75, 3.05) is 14.2 Å². The number of benzene rings is 2. The Labute approximate surface area is 146 Å². The lowest BCUT2D eigenvalue weighted by Crippen LogP contribution is -2.35. The van der Waals surface area contributed by atoms with Crippen LogP contribution in [0.5, 0.6) is 11.5 Å². The van der Waals surface area contributed by atoms with Crippen LogP contribution in [0.4, 0.5) is 0 Å². The fourth-order valence-electron chi connectivity index (χ4n) is 2.65. The summed E-state index contributed by atoms with van der Waals surface area (Å²) in [5, 5.41) is 0.620. The number of rotatable bonds is 6. The number of ether oxygens (including phenoxy) is 2. The smallest absolute Gasteiger partial charge is 0.245 e. The molecule has 128 valence electrons. The molecule has 24 heavy (non-hydrogen) atoms. The molecule has 1 aliphatic carbocycles. The lowest BCUT2D eigenvalue weighted by atomic mass is 10.1. The number of nitrogens with one attached hydrogen (secondary N) is 1. The highest BCUT2D eigenvalue weighted by molar-refractivity contribution is 7.89. The van der Waals surface area contributed by atoms with E-state index in [1.165, 1.54) is 20.3 Å². The van der Waals surface area contributed by atoms with Crippen LogP contribution in [0.25, 0.3) is 0 Å². The van der Waals surface area contributed by atoms with Crippen molar-refractivity contribution in [3.8, 4) is 11.5 Å². The zero-order valence-corrected chi connectivity index (χ0v) is 14.9. The van der Waals surface area contributed by atoms with E-state index >= 15 is 0 Å². The fourth-order valence-corrected chi connectivity index (χ4v) is 4.38.